The Hall–Kier alpha value is -1.14. The largest absolute Gasteiger partial charge is 0.449 e. The summed E-state index contributed by atoms with van der Waals surface area (Å²) in [5, 5.41) is 20.0. The SMILES string of the molecule is CC(=O)CCNC(=O)OCC(CCO)CCCO. The van der Waals surface area contributed by atoms with E-state index in [0.717, 1.165) is 0 Å². The van der Waals surface area contributed by atoms with Crippen molar-refractivity contribution in [3.63, 3.8) is 0 Å². The van der Waals surface area contributed by atoms with Gasteiger partial charge in [-0.15, -0.1) is 0 Å². The van der Waals surface area contributed by atoms with Crippen molar-refractivity contribution in [3.05, 3.63) is 0 Å². The maximum Gasteiger partial charge on any atom is 0.407 e. The van der Waals surface area contributed by atoms with Crippen LogP contribution < -0.4 is 5.32 Å². The van der Waals surface area contributed by atoms with Gasteiger partial charge < -0.3 is 20.3 Å². The van der Waals surface area contributed by atoms with Crippen molar-refractivity contribution >= 4 is 11.9 Å². The van der Waals surface area contributed by atoms with Crippen LogP contribution in [0.1, 0.15) is 32.6 Å². The Morgan fingerprint density at radius 1 is 1.22 bits per heavy atom. The van der Waals surface area contributed by atoms with Gasteiger partial charge in [0.05, 0.1) is 6.61 Å². The molecule has 0 saturated carbocycles. The van der Waals surface area contributed by atoms with Crippen LogP contribution in [0.25, 0.3) is 0 Å². The number of ether oxygens (including phenoxy) is 1. The number of hydrogen-bond donors (Lipinski definition) is 3. The van der Waals surface area contributed by atoms with Gasteiger partial charge in [-0.25, -0.2) is 4.79 Å². The molecular formula is C12H23NO5. The van der Waals surface area contributed by atoms with Crippen LogP contribution in [0.3, 0.4) is 0 Å². The number of rotatable bonds is 10. The zero-order chi connectivity index (χ0) is 13.8. The minimum absolute atomic E-state index is 0.0106. The average molecular weight is 261 g/mol. The molecule has 6 nitrogen and oxygen atoms in total. The second-order valence-corrected chi connectivity index (χ2v) is 4.22. The second kappa shape index (κ2) is 11.0. The van der Waals surface area contributed by atoms with Gasteiger partial charge in [0.15, 0.2) is 0 Å². The summed E-state index contributed by atoms with van der Waals surface area (Å²) in [6.07, 6.45) is 1.61. The first kappa shape index (κ1) is 16.9. The quantitative estimate of drug-likeness (QED) is 0.531. The first-order chi connectivity index (χ1) is 8.60. The number of alkyl carbamates (subject to hydrolysis) is 1. The van der Waals surface area contributed by atoms with Gasteiger partial charge in [-0.05, 0) is 32.1 Å². The Bertz CT molecular complexity index is 245. The van der Waals surface area contributed by atoms with Gasteiger partial charge in [0, 0.05) is 26.2 Å². The van der Waals surface area contributed by atoms with Gasteiger partial charge in [0.1, 0.15) is 5.78 Å². The number of hydrogen-bond acceptors (Lipinski definition) is 5. The zero-order valence-corrected chi connectivity index (χ0v) is 10.9. The molecule has 1 amide bonds. The molecule has 1 unspecified atom stereocenters. The molecule has 6 heteroatoms. The summed E-state index contributed by atoms with van der Waals surface area (Å²) in [6, 6.07) is 0. The van der Waals surface area contributed by atoms with Crippen molar-refractivity contribution in [3.8, 4) is 0 Å². The van der Waals surface area contributed by atoms with Gasteiger partial charge in [-0.2, -0.15) is 0 Å². The molecule has 0 bridgehead atoms. The number of nitrogens with one attached hydrogen (secondary N) is 1. The highest BCUT2D eigenvalue weighted by Gasteiger charge is 2.11. The van der Waals surface area contributed by atoms with Crippen molar-refractivity contribution in [1.82, 2.24) is 5.32 Å². The fraction of sp³-hybridized carbons (Fsp3) is 0.833. The molecular weight excluding hydrogens is 238 g/mol. The van der Waals surface area contributed by atoms with E-state index in [1.807, 2.05) is 0 Å². The van der Waals surface area contributed by atoms with Gasteiger partial charge >= 0.3 is 6.09 Å². The summed E-state index contributed by atoms with van der Waals surface area (Å²) in [5.41, 5.74) is 0. The highest BCUT2D eigenvalue weighted by atomic mass is 16.5. The Morgan fingerprint density at radius 3 is 2.50 bits per heavy atom. The van der Waals surface area contributed by atoms with Crippen molar-refractivity contribution in [1.29, 1.82) is 0 Å². The van der Waals surface area contributed by atoms with Crippen LogP contribution in [0.15, 0.2) is 0 Å². The molecule has 1 atom stereocenters. The Kier molecular flexibility index (Phi) is 10.3. The molecule has 0 aromatic heterocycles. The van der Waals surface area contributed by atoms with Crippen molar-refractivity contribution in [2.75, 3.05) is 26.4 Å². The van der Waals surface area contributed by atoms with E-state index < -0.39 is 6.09 Å². The molecule has 0 aromatic rings. The fourth-order valence-electron chi connectivity index (χ4n) is 1.46. The van der Waals surface area contributed by atoms with E-state index in [4.69, 9.17) is 14.9 Å². The number of carbonyl (C=O) groups excluding carboxylic acids is 2. The topological polar surface area (TPSA) is 95.9 Å². The van der Waals surface area contributed by atoms with Crippen LogP contribution >= 0.6 is 0 Å². The van der Waals surface area contributed by atoms with Crippen LogP contribution in [0.4, 0.5) is 4.79 Å². The zero-order valence-electron chi connectivity index (χ0n) is 10.9. The maximum absolute atomic E-state index is 11.3. The van der Waals surface area contributed by atoms with E-state index in [9.17, 15) is 9.59 Å². The molecule has 0 fully saturated rings. The molecule has 0 saturated heterocycles. The van der Waals surface area contributed by atoms with Crippen molar-refractivity contribution < 1.29 is 24.5 Å². The molecule has 0 heterocycles. The molecule has 0 aliphatic carbocycles. The lowest BCUT2D eigenvalue weighted by Gasteiger charge is -2.15. The first-order valence-electron chi connectivity index (χ1n) is 6.22. The predicted molar refractivity (Wildman–Crippen MR) is 66.2 cm³/mol. The van der Waals surface area contributed by atoms with Gasteiger partial charge in [-0.3, -0.25) is 4.79 Å². The minimum atomic E-state index is -0.553. The summed E-state index contributed by atoms with van der Waals surface area (Å²) < 4.78 is 4.98. The van der Waals surface area contributed by atoms with E-state index in [1.165, 1.54) is 6.92 Å². The van der Waals surface area contributed by atoms with E-state index >= 15 is 0 Å². The molecule has 0 aliphatic rings. The Balaban J connectivity index is 3.73. The summed E-state index contributed by atoms with van der Waals surface area (Å²) in [5.74, 6) is 0.0668. The fourth-order valence-corrected chi connectivity index (χ4v) is 1.46. The maximum atomic E-state index is 11.3. The number of ketones is 1. The molecule has 0 radical (unpaired) electrons. The van der Waals surface area contributed by atoms with Crippen molar-refractivity contribution in [2.45, 2.75) is 32.6 Å². The molecule has 0 spiro atoms. The minimum Gasteiger partial charge on any atom is -0.449 e. The third kappa shape index (κ3) is 10.0. The lowest BCUT2D eigenvalue weighted by atomic mass is 10.0. The van der Waals surface area contributed by atoms with Gasteiger partial charge in [-0.1, -0.05) is 0 Å². The van der Waals surface area contributed by atoms with Crippen LogP contribution in [-0.2, 0) is 9.53 Å². The highest BCUT2D eigenvalue weighted by Crippen LogP contribution is 2.11. The van der Waals surface area contributed by atoms with E-state index in [0.29, 0.717) is 25.7 Å². The molecule has 18 heavy (non-hydrogen) atoms. The second-order valence-electron chi connectivity index (χ2n) is 4.22. The van der Waals surface area contributed by atoms with Crippen LogP contribution in [0, 0.1) is 5.92 Å². The summed E-state index contributed by atoms with van der Waals surface area (Å²) in [7, 11) is 0. The molecule has 0 aliphatic heterocycles. The molecule has 3 N–H and O–H groups in total. The third-order valence-electron chi connectivity index (χ3n) is 2.50. The third-order valence-corrected chi connectivity index (χ3v) is 2.50. The number of carbonyl (C=O) groups is 2. The lowest BCUT2D eigenvalue weighted by Crippen LogP contribution is -2.28. The smallest absolute Gasteiger partial charge is 0.407 e. The summed E-state index contributed by atoms with van der Waals surface area (Å²) in [4.78, 5) is 21.9. The van der Waals surface area contributed by atoms with Crippen LogP contribution in [0.5, 0.6) is 0 Å². The van der Waals surface area contributed by atoms with Gasteiger partial charge in [0.2, 0.25) is 0 Å². The van der Waals surface area contributed by atoms with Crippen molar-refractivity contribution in [2.24, 2.45) is 5.92 Å². The van der Waals surface area contributed by atoms with E-state index in [-0.39, 0.29) is 38.1 Å². The van der Waals surface area contributed by atoms with Crippen LogP contribution in [0.2, 0.25) is 0 Å². The highest BCUT2D eigenvalue weighted by molar-refractivity contribution is 5.76. The number of amides is 1. The average Bonchev–Trinajstić information content (AvgIpc) is 2.32. The molecule has 0 aromatic carbocycles. The Labute approximate surface area is 107 Å². The molecule has 106 valence electrons. The lowest BCUT2D eigenvalue weighted by molar-refractivity contribution is -0.116. The van der Waals surface area contributed by atoms with Gasteiger partial charge in [0.25, 0.3) is 0 Å². The monoisotopic (exact) mass is 261 g/mol. The number of aliphatic hydroxyl groups is 2. The summed E-state index contributed by atoms with van der Waals surface area (Å²) in [6.45, 7) is 2.07. The molecule has 0 rings (SSSR count). The standard InChI is InChI=1S/C12H23NO5/c1-10(16)4-6-13-12(17)18-9-11(5-8-15)3-2-7-14/h11,14-15H,2-9H2,1H3,(H,13,17). The predicted octanol–water partition coefficient (Wildman–Crippen LogP) is 0.463. The van der Waals surface area contributed by atoms with E-state index in [2.05, 4.69) is 5.32 Å². The van der Waals surface area contributed by atoms with Crippen LogP contribution in [-0.4, -0.2) is 48.5 Å². The first-order valence-corrected chi connectivity index (χ1v) is 6.22. The number of aliphatic hydroxyl groups excluding tert-OH is 2. The normalized spacial score (nSPS) is 11.9. The van der Waals surface area contributed by atoms with E-state index in [1.54, 1.807) is 0 Å². The Morgan fingerprint density at radius 2 is 1.94 bits per heavy atom. The number of Topliss-reactive ketones (excluding diaryl/α,β-unsaturated/α-hetero) is 1. The summed E-state index contributed by atoms with van der Waals surface area (Å²) >= 11 is 0.